The van der Waals surface area contributed by atoms with E-state index in [4.69, 9.17) is 11.6 Å². The zero-order valence-corrected chi connectivity index (χ0v) is 14.0. The van der Waals surface area contributed by atoms with Crippen molar-refractivity contribution in [3.63, 3.8) is 0 Å². The van der Waals surface area contributed by atoms with Crippen LogP contribution in [0.25, 0.3) is 0 Å². The van der Waals surface area contributed by atoms with E-state index in [2.05, 4.69) is 10.4 Å². The van der Waals surface area contributed by atoms with Crippen LogP contribution in [0.1, 0.15) is 18.5 Å². The summed E-state index contributed by atoms with van der Waals surface area (Å²) < 4.78 is 1.55. The van der Waals surface area contributed by atoms with Gasteiger partial charge in [-0.25, -0.2) is 0 Å². The van der Waals surface area contributed by atoms with E-state index in [0.717, 1.165) is 5.56 Å². The first-order valence-corrected chi connectivity index (χ1v) is 7.56. The average molecular weight is 335 g/mol. The Morgan fingerprint density at radius 1 is 1.43 bits per heavy atom. The number of rotatable bonds is 5. The van der Waals surface area contributed by atoms with Gasteiger partial charge in [0, 0.05) is 19.4 Å². The fourth-order valence-corrected chi connectivity index (χ4v) is 2.43. The van der Waals surface area contributed by atoms with E-state index in [1.54, 1.807) is 49.2 Å². The number of nitrogens with zero attached hydrogens (tertiary/aromatic N) is 3. The molecule has 1 atom stereocenters. The van der Waals surface area contributed by atoms with Crippen molar-refractivity contribution in [2.45, 2.75) is 19.9 Å². The summed E-state index contributed by atoms with van der Waals surface area (Å²) in [4.78, 5) is 25.8. The molecule has 0 spiro atoms. The summed E-state index contributed by atoms with van der Waals surface area (Å²) in [5, 5.41) is 7.22. The number of hydrogen-bond acceptors (Lipinski definition) is 3. The molecule has 1 aromatic heterocycles. The van der Waals surface area contributed by atoms with Gasteiger partial charge >= 0.3 is 0 Å². The first kappa shape index (κ1) is 17.0. The van der Waals surface area contributed by atoms with E-state index < -0.39 is 6.04 Å². The molecule has 0 saturated carbocycles. The predicted octanol–water partition coefficient (Wildman–Crippen LogP) is 2.50. The van der Waals surface area contributed by atoms with Crippen LogP contribution in [0.5, 0.6) is 0 Å². The van der Waals surface area contributed by atoms with Gasteiger partial charge in [-0.05, 0) is 37.6 Å². The lowest BCUT2D eigenvalue weighted by atomic mass is 10.2. The SMILES string of the molecule is Cc1ccc(NC(=O)CN(C)C(=O)C(C)n2cccn2)c(Cl)c1. The largest absolute Gasteiger partial charge is 0.335 e. The molecule has 1 unspecified atom stereocenters. The first-order chi connectivity index (χ1) is 10.9. The number of halogens is 1. The average Bonchev–Trinajstić information content (AvgIpc) is 3.02. The summed E-state index contributed by atoms with van der Waals surface area (Å²) in [6.07, 6.45) is 3.32. The quantitative estimate of drug-likeness (QED) is 0.913. The molecule has 0 aliphatic heterocycles. The van der Waals surface area contributed by atoms with Crippen molar-refractivity contribution in [3.8, 4) is 0 Å². The number of likely N-dealkylation sites (N-methyl/N-ethyl adjacent to an activating group) is 1. The second-order valence-corrected chi connectivity index (χ2v) is 5.80. The molecule has 0 bridgehead atoms. The molecular weight excluding hydrogens is 316 g/mol. The van der Waals surface area contributed by atoms with Crippen molar-refractivity contribution in [3.05, 3.63) is 47.2 Å². The number of anilines is 1. The van der Waals surface area contributed by atoms with Gasteiger partial charge in [0.2, 0.25) is 11.8 Å². The predicted molar refractivity (Wildman–Crippen MR) is 89.4 cm³/mol. The summed E-state index contributed by atoms with van der Waals surface area (Å²) in [6, 6.07) is 6.65. The minimum Gasteiger partial charge on any atom is -0.335 e. The smallest absolute Gasteiger partial charge is 0.247 e. The summed E-state index contributed by atoms with van der Waals surface area (Å²) in [7, 11) is 1.58. The number of hydrogen-bond donors (Lipinski definition) is 1. The maximum Gasteiger partial charge on any atom is 0.247 e. The summed E-state index contributed by atoms with van der Waals surface area (Å²) in [6.45, 7) is 3.59. The Hall–Kier alpha value is -2.34. The molecule has 2 aromatic rings. The van der Waals surface area contributed by atoms with E-state index in [9.17, 15) is 9.59 Å². The Bertz CT molecular complexity index is 700. The number of benzene rings is 1. The van der Waals surface area contributed by atoms with E-state index in [0.29, 0.717) is 10.7 Å². The second-order valence-electron chi connectivity index (χ2n) is 5.39. The zero-order valence-electron chi connectivity index (χ0n) is 13.3. The van der Waals surface area contributed by atoms with Gasteiger partial charge < -0.3 is 10.2 Å². The van der Waals surface area contributed by atoms with Gasteiger partial charge in [-0.2, -0.15) is 5.10 Å². The van der Waals surface area contributed by atoms with Gasteiger partial charge in [-0.15, -0.1) is 0 Å². The molecular formula is C16H19ClN4O2. The van der Waals surface area contributed by atoms with Crippen LogP contribution in [-0.4, -0.2) is 40.1 Å². The third-order valence-electron chi connectivity index (χ3n) is 3.43. The van der Waals surface area contributed by atoms with Gasteiger partial charge in [0.25, 0.3) is 0 Å². The van der Waals surface area contributed by atoms with Crippen molar-refractivity contribution in [1.29, 1.82) is 0 Å². The van der Waals surface area contributed by atoms with Crippen LogP contribution in [0.4, 0.5) is 5.69 Å². The molecule has 0 aliphatic rings. The Morgan fingerprint density at radius 2 is 2.17 bits per heavy atom. The third-order valence-corrected chi connectivity index (χ3v) is 3.75. The molecule has 23 heavy (non-hydrogen) atoms. The van der Waals surface area contributed by atoms with Crippen LogP contribution < -0.4 is 5.32 Å². The number of amides is 2. The molecule has 6 nitrogen and oxygen atoms in total. The molecule has 1 N–H and O–H groups in total. The topological polar surface area (TPSA) is 67.2 Å². The van der Waals surface area contributed by atoms with Crippen molar-refractivity contribution in [1.82, 2.24) is 14.7 Å². The summed E-state index contributed by atoms with van der Waals surface area (Å²) >= 11 is 6.08. The number of aromatic nitrogens is 2. The number of carbonyl (C=O) groups is 2. The normalized spacial score (nSPS) is 11.8. The van der Waals surface area contributed by atoms with Gasteiger partial charge in [-0.1, -0.05) is 17.7 Å². The molecule has 1 heterocycles. The lowest BCUT2D eigenvalue weighted by Gasteiger charge is -2.21. The highest BCUT2D eigenvalue weighted by Gasteiger charge is 2.21. The van der Waals surface area contributed by atoms with Crippen LogP contribution in [0, 0.1) is 6.92 Å². The van der Waals surface area contributed by atoms with E-state index in [-0.39, 0.29) is 18.4 Å². The van der Waals surface area contributed by atoms with Crippen molar-refractivity contribution >= 4 is 29.1 Å². The maximum atomic E-state index is 12.3. The van der Waals surface area contributed by atoms with Crippen molar-refractivity contribution in [2.75, 3.05) is 18.9 Å². The summed E-state index contributed by atoms with van der Waals surface area (Å²) in [5.41, 5.74) is 1.54. The monoisotopic (exact) mass is 334 g/mol. The fraction of sp³-hybridized carbons (Fsp3) is 0.312. The Labute approximate surface area is 140 Å². The maximum absolute atomic E-state index is 12.3. The summed E-state index contributed by atoms with van der Waals surface area (Å²) in [5.74, 6) is -0.502. The minimum absolute atomic E-state index is 0.0609. The zero-order chi connectivity index (χ0) is 17.0. The van der Waals surface area contributed by atoms with E-state index in [1.165, 1.54) is 4.90 Å². The Morgan fingerprint density at radius 3 is 2.78 bits per heavy atom. The number of carbonyl (C=O) groups excluding carboxylic acids is 2. The van der Waals surface area contributed by atoms with Crippen LogP contribution in [0.2, 0.25) is 5.02 Å². The minimum atomic E-state index is -0.467. The standard InChI is InChI=1S/C16H19ClN4O2/c1-11-5-6-14(13(17)9-11)19-15(22)10-20(3)16(23)12(2)21-8-4-7-18-21/h4-9,12H,10H2,1-3H3,(H,19,22). The highest BCUT2D eigenvalue weighted by Crippen LogP contribution is 2.22. The Kier molecular flexibility index (Phi) is 5.39. The molecule has 0 fully saturated rings. The highest BCUT2D eigenvalue weighted by atomic mass is 35.5. The molecule has 0 aliphatic carbocycles. The van der Waals surface area contributed by atoms with E-state index in [1.807, 2.05) is 13.0 Å². The van der Waals surface area contributed by atoms with Gasteiger partial charge in [0.1, 0.15) is 6.04 Å². The van der Waals surface area contributed by atoms with Crippen LogP contribution in [-0.2, 0) is 9.59 Å². The fourth-order valence-electron chi connectivity index (χ4n) is 2.15. The van der Waals surface area contributed by atoms with Crippen LogP contribution in [0.3, 0.4) is 0 Å². The lowest BCUT2D eigenvalue weighted by Crippen LogP contribution is -2.38. The van der Waals surface area contributed by atoms with E-state index >= 15 is 0 Å². The van der Waals surface area contributed by atoms with Crippen molar-refractivity contribution in [2.24, 2.45) is 0 Å². The second kappa shape index (κ2) is 7.28. The molecule has 122 valence electrons. The molecule has 2 rings (SSSR count). The van der Waals surface area contributed by atoms with Gasteiger partial charge in [-0.3, -0.25) is 14.3 Å². The van der Waals surface area contributed by atoms with Crippen LogP contribution in [0.15, 0.2) is 36.7 Å². The molecule has 0 saturated heterocycles. The highest BCUT2D eigenvalue weighted by molar-refractivity contribution is 6.33. The third kappa shape index (κ3) is 4.32. The Balaban J connectivity index is 1.95. The number of nitrogens with one attached hydrogen (secondary N) is 1. The van der Waals surface area contributed by atoms with Gasteiger partial charge in [0.05, 0.1) is 17.3 Å². The van der Waals surface area contributed by atoms with Crippen molar-refractivity contribution < 1.29 is 9.59 Å². The molecule has 7 heteroatoms. The van der Waals surface area contributed by atoms with Crippen LogP contribution >= 0.6 is 11.6 Å². The lowest BCUT2D eigenvalue weighted by molar-refractivity contribution is -0.136. The van der Waals surface area contributed by atoms with Gasteiger partial charge in [0.15, 0.2) is 0 Å². The number of aryl methyl sites for hydroxylation is 1. The molecule has 0 radical (unpaired) electrons. The molecule has 1 aromatic carbocycles. The first-order valence-electron chi connectivity index (χ1n) is 7.18. The molecule has 2 amide bonds.